The Morgan fingerprint density at radius 2 is 2.08 bits per heavy atom. The predicted octanol–water partition coefficient (Wildman–Crippen LogP) is 1.30. The average molecular weight is 329 g/mol. The van der Waals surface area contributed by atoms with Gasteiger partial charge in [0.15, 0.2) is 5.82 Å². The van der Waals surface area contributed by atoms with Crippen molar-refractivity contribution < 1.29 is 9.32 Å². The summed E-state index contributed by atoms with van der Waals surface area (Å²) in [6.07, 6.45) is 3.91. The lowest BCUT2D eigenvalue weighted by molar-refractivity contribution is -0.132. The third kappa shape index (κ3) is 4.38. The fourth-order valence-corrected chi connectivity index (χ4v) is 2.79. The number of pyridine rings is 1. The zero-order chi connectivity index (χ0) is 16.8. The fraction of sp³-hybridized carbons (Fsp3) is 0.529. The smallest absolute Gasteiger partial charge is 0.228 e. The van der Waals surface area contributed by atoms with Gasteiger partial charge in [0, 0.05) is 44.5 Å². The highest BCUT2D eigenvalue weighted by Gasteiger charge is 2.22. The zero-order valence-corrected chi connectivity index (χ0v) is 14.0. The maximum atomic E-state index is 12.3. The van der Waals surface area contributed by atoms with E-state index in [1.165, 1.54) is 0 Å². The van der Waals surface area contributed by atoms with Crippen LogP contribution in [0.4, 0.5) is 0 Å². The highest BCUT2D eigenvalue weighted by Crippen LogP contribution is 2.09. The zero-order valence-electron chi connectivity index (χ0n) is 14.0. The van der Waals surface area contributed by atoms with Crippen molar-refractivity contribution in [1.82, 2.24) is 24.9 Å². The summed E-state index contributed by atoms with van der Waals surface area (Å²) < 4.78 is 5.21. The Balaban J connectivity index is 1.45. The molecule has 128 valence electrons. The van der Waals surface area contributed by atoms with Gasteiger partial charge in [-0.3, -0.25) is 14.7 Å². The molecule has 1 saturated heterocycles. The van der Waals surface area contributed by atoms with Gasteiger partial charge in [-0.1, -0.05) is 18.1 Å². The number of hydrogen-bond donors (Lipinski definition) is 0. The van der Waals surface area contributed by atoms with Gasteiger partial charge in [-0.25, -0.2) is 0 Å². The number of hydrogen-bond acceptors (Lipinski definition) is 6. The maximum Gasteiger partial charge on any atom is 0.228 e. The number of carbonyl (C=O) groups excluding carboxylic acids is 1. The summed E-state index contributed by atoms with van der Waals surface area (Å²) in [6, 6.07) is 5.65. The van der Waals surface area contributed by atoms with Crippen LogP contribution in [0.15, 0.2) is 28.9 Å². The minimum absolute atomic E-state index is 0.137. The first-order chi connectivity index (χ1) is 11.7. The molecule has 0 aliphatic carbocycles. The average Bonchev–Trinajstić information content (AvgIpc) is 3.04. The topological polar surface area (TPSA) is 75.4 Å². The molecule has 0 aromatic carbocycles. The van der Waals surface area contributed by atoms with Crippen molar-refractivity contribution in [1.29, 1.82) is 0 Å². The number of aromatic nitrogens is 3. The van der Waals surface area contributed by atoms with Crippen LogP contribution in [0.5, 0.6) is 0 Å². The van der Waals surface area contributed by atoms with Gasteiger partial charge >= 0.3 is 0 Å². The molecule has 0 atom stereocenters. The van der Waals surface area contributed by atoms with Gasteiger partial charge in [-0.15, -0.1) is 0 Å². The molecule has 24 heavy (non-hydrogen) atoms. The van der Waals surface area contributed by atoms with Gasteiger partial charge in [0.2, 0.25) is 11.8 Å². The van der Waals surface area contributed by atoms with Crippen LogP contribution in [0.2, 0.25) is 0 Å². The Hall–Kier alpha value is -2.28. The quantitative estimate of drug-likeness (QED) is 0.795. The molecule has 3 rings (SSSR count). The van der Waals surface area contributed by atoms with Crippen molar-refractivity contribution in [2.45, 2.75) is 32.7 Å². The molecule has 7 nitrogen and oxygen atoms in total. The molecule has 1 aliphatic rings. The minimum atomic E-state index is 0.137. The highest BCUT2D eigenvalue weighted by molar-refractivity contribution is 5.78. The van der Waals surface area contributed by atoms with E-state index in [0.717, 1.165) is 50.5 Å². The largest absolute Gasteiger partial charge is 0.340 e. The Morgan fingerprint density at radius 1 is 1.25 bits per heavy atom. The molecule has 1 aliphatic heterocycles. The molecule has 7 heteroatoms. The Labute approximate surface area is 141 Å². The molecule has 0 radical (unpaired) electrons. The Bertz CT molecular complexity index is 650. The molecule has 0 saturated carbocycles. The van der Waals surface area contributed by atoms with Crippen LogP contribution >= 0.6 is 0 Å². The summed E-state index contributed by atoms with van der Waals surface area (Å²) >= 11 is 0. The van der Waals surface area contributed by atoms with Crippen molar-refractivity contribution in [2.75, 3.05) is 26.2 Å². The van der Waals surface area contributed by atoms with Crippen molar-refractivity contribution >= 4 is 5.91 Å². The first kappa shape index (κ1) is 16.6. The van der Waals surface area contributed by atoms with E-state index in [0.29, 0.717) is 18.9 Å². The normalized spacial score (nSPS) is 15.6. The van der Waals surface area contributed by atoms with Crippen LogP contribution in [0.3, 0.4) is 0 Å². The van der Waals surface area contributed by atoms with Gasteiger partial charge in [0.1, 0.15) is 0 Å². The lowest BCUT2D eigenvalue weighted by atomic mass is 10.2. The van der Waals surface area contributed by atoms with Crippen molar-refractivity contribution in [3.63, 3.8) is 0 Å². The summed E-state index contributed by atoms with van der Waals surface area (Å²) in [4.78, 5) is 25.1. The summed E-state index contributed by atoms with van der Waals surface area (Å²) in [6.45, 7) is 5.87. The second kappa shape index (κ2) is 8.01. The van der Waals surface area contributed by atoms with E-state index < -0.39 is 0 Å². The molecule has 1 fully saturated rings. The summed E-state index contributed by atoms with van der Waals surface area (Å²) in [7, 11) is 0. The Kier molecular flexibility index (Phi) is 5.53. The van der Waals surface area contributed by atoms with Crippen LogP contribution in [0, 0.1) is 0 Å². The molecule has 2 aromatic rings. The molecule has 0 spiro atoms. The third-order valence-electron chi connectivity index (χ3n) is 4.12. The van der Waals surface area contributed by atoms with Gasteiger partial charge in [-0.05, 0) is 18.6 Å². The number of piperazine rings is 1. The predicted molar refractivity (Wildman–Crippen MR) is 88.1 cm³/mol. The maximum absolute atomic E-state index is 12.3. The monoisotopic (exact) mass is 329 g/mol. The molecule has 0 N–H and O–H groups in total. The van der Waals surface area contributed by atoms with Crippen LogP contribution in [-0.2, 0) is 24.2 Å². The molecule has 0 unspecified atom stereocenters. The number of carbonyl (C=O) groups is 1. The van der Waals surface area contributed by atoms with Crippen LogP contribution in [-0.4, -0.2) is 57.0 Å². The molecule has 2 aromatic heterocycles. The third-order valence-corrected chi connectivity index (χ3v) is 4.12. The van der Waals surface area contributed by atoms with Gasteiger partial charge in [0.25, 0.3) is 0 Å². The van der Waals surface area contributed by atoms with Crippen molar-refractivity contribution in [3.8, 4) is 0 Å². The fourth-order valence-electron chi connectivity index (χ4n) is 2.79. The lowest BCUT2D eigenvalue weighted by Gasteiger charge is -2.34. The first-order valence-corrected chi connectivity index (χ1v) is 8.46. The SMILES string of the molecule is CCCc1nc(CN2CCN(C(=O)Cc3ccccn3)CC2)no1. The number of rotatable bonds is 6. The molecule has 1 amide bonds. The second-order valence-corrected chi connectivity index (χ2v) is 6.01. The molecular formula is C17H23N5O2. The van der Waals surface area contributed by atoms with Gasteiger partial charge in [0.05, 0.1) is 13.0 Å². The van der Waals surface area contributed by atoms with E-state index in [2.05, 4.69) is 26.9 Å². The Morgan fingerprint density at radius 3 is 2.79 bits per heavy atom. The van der Waals surface area contributed by atoms with Gasteiger partial charge < -0.3 is 9.42 Å². The van der Waals surface area contributed by atoms with E-state index in [4.69, 9.17) is 4.52 Å². The summed E-state index contributed by atoms with van der Waals surface area (Å²) in [5.74, 6) is 1.57. The van der Waals surface area contributed by atoms with Crippen molar-refractivity contribution in [3.05, 3.63) is 41.8 Å². The summed E-state index contributed by atoms with van der Waals surface area (Å²) in [5.41, 5.74) is 0.820. The van der Waals surface area contributed by atoms with E-state index in [1.807, 2.05) is 23.1 Å². The van der Waals surface area contributed by atoms with E-state index >= 15 is 0 Å². The van der Waals surface area contributed by atoms with Crippen LogP contribution < -0.4 is 0 Å². The molecular weight excluding hydrogens is 306 g/mol. The van der Waals surface area contributed by atoms with Crippen LogP contribution in [0.1, 0.15) is 30.8 Å². The number of aryl methyl sites for hydroxylation is 1. The molecule has 3 heterocycles. The van der Waals surface area contributed by atoms with E-state index in [-0.39, 0.29) is 5.91 Å². The number of amides is 1. The first-order valence-electron chi connectivity index (χ1n) is 8.46. The number of nitrogens with zero attached hydrogens (tertiary/aromatic N) is 5. The minimum Gasteiger partial charge on any atom is -0.340 e. The van der Waals surface area contributed by atoms with Crippen LogP contribution in [0.25, 0.3) is 0 Å². The lowest BCUT2D eigenvalue weighted by Crippen LogP contribution is -2.48. The van der Waals surface area contributed by atoms with Gasteiger partial charge in [-0.2, -0.15) is 4.98 Å². The summed E-state index contributed by atoms with van der Waals surface area (Å²) in [5, 5.41) is 4.02. The molecule has 0 bridgehead atoms. The standard InChI is InChI=1S/C17H23N5O2/c1-2-5-16-19-15(20-24-16)13-21-8-10-22(11-9-21)17(23)12-14-6-3-4-7-18-14/h3-4,6-7H,2,5,8-13H2,1H3. The highest BCUT2D eigenvalue weighted by atomic mass is 16.5. The van der Waals surface area contributed by atoms with Crippen molar-refractivity contribution in [2.24, 2.45) is 0 Å². The van der Waals surface area contributed by atoms with E-state index in [1.54, 1.807) is 6.20 Å². The van der Waals surface area contributed by atoms with E-state index in [9.17, 15) is 4.79 Å². The second-order valence-electron chi connectivity index (χ2n) is 6.01.